The Balaban J connectivity index is 1.97. The average molecular weight is 288 g/mol. The van der Waals surface area contributed by atoms with Crippen LogP contribution in [0.3, 0.4) is 0 Å². The second-order valence-corrected chi connectivity index (χ2v) is 6.72. The first-order valence-electron chi connectivity index (χ1n) is 8.72. The summed E-state index contributed by atoms with van der Waals surface area (Å²) in [6.45, 7) is 10.3. The van der Waals surface area contributed by atoms with Crippen LogP contribution in [0.1, 0.15) is 52.0 Å². The van der Waals surface area contributed by atoms with Crippen LogP contribution in [0.4, 0.5) is 0 Å². The van der Waals surface area contributed by atoms with Crippen LogP contribution in [0.15, 0.2) is 30.3 Å². The molecule has 0 aromatic heterocycles. The van der Waals surface area contributed by atoms with Crippen LogP contribution < -0.4 is 5.32 Å². The lowest BCUT2D eigenvalue weighted by Gasteiger charge is -2.37. The highest BCUT2D eigenvalue weighted by molar-refractivity contribution is 5.14. The van der Waals surface area contributed by atoms with Gasteiger partial charge in [0.2, 0.25) is 0 Å². The summed E-state index contributed by atoms with van der Waals surface area (Å²) < 4.78 is 0. The molecule has 0 heterocycles. The summed E-state index contributed by atoms with van der Waals surface area (Å²) in [7, 11) is 0. The highest BCUT2D eigenvalue weighted by Crippen LogP contribution is 2.26. The third-order valence-corrected chi connectivity index (χ3v) is 4.80. The molecule has 2 rings (SSSR count). The van der Waals surface area contributed by atoms with Crippen LogP contribution in [-0.4, -0.2) is 30.1 Å². The van der Waals surface area contributed by atoms with E-state index in [9.17, 15) is 0 Å². The van der Waals surface area contributed by atoms with E-state index in [-0.39, 0.29) is 0 Å². The van der Waals surface area contributed by atoms with Crippen molar-refractivity contribution in [3.8, 4) is 0 Å². The van der Waals surface area contributed by atoms with Gasteiger partial charge in [-0.15, -0.1) is 0 Å². The van der Waals surface area contributed by atoms with Crippen LogP contribution in [-0.2, 0) is 6.54 Å². The number of hydrogen-bond acceptors (Lipinski definition) is 2. The van der Waals surface area contributed by atoms with Crippen molar-refractivity contribution in [3.63, 3.8) is 0 Å². The average Bonchev–Trinajstić information content (AvgIpc) is 2.49. The molecule has 0 saturated heterocycles. The maximum atomic E-state index is 3.72. The van der Waals surface area contributed by atoms with E-state index in [1.54, 1.807) is 0 Å². The lowest BCUT2D eigenvalue weighted by molar-refractivity contribution is 0.136. The van der Waals surface area contributed by atoms with E-state index in [1.165, 1.54) is 37.8 Å². The minimum atomic E-state index is 0.606. The second-order valence-electron chi connectivity index (χ2n) is 6.72. The maximum Gasteiger partial charge on any atom is 0.0236 e. The van der Waals surface area contributed by atoms with E-state index >= 15 is 0 Å². The zero-order valence-electron chi connectivity index (χ0n) is 14.0. The number of nitrogens with zero attached hydrogens (tertiary/aromatic N) is 1. The minimum Gasteiger partial charge on any atom is -0.314 e. The molecule has 2 heteroatoms. The van der Waals surface area contributed by atoms with Gasteiger partial charge in [-0.2, -0.15) is 0 Å². The molecule has 0 spiro atoms. The third-order valence-electron chi connectivity index (χ3n) is 4.80. The molecule has 0 aliphatic heterocycles. The SMILES string of the molecule is CCNC1CCCCC1CN(Cc1ccccc1)C(C)C. The Kier molecular flexibility index (Phi) is 6.72. The van der Waals surface area contributed by atoms with Gasteiger partial charge in [-0.05, 0) is 44.7 Å². The van der Waals surface area contributed by atoms with Gasteiger partial charge in [-0.25, -0.2) is 0 Å². The molecule has 0 bridgehead atoms. The van der Waals surface area contributed by atoms with Crippen molar-refractivity contribution in [2.45, 2.75) is 65.1 Å². The van der Waals surface area contributed by atoms with E-state index in [1.807, 2.05) is 0 Å². The molecule has 2 nitrogen and oxygen atoms in total. The summed E-state index contributed by atoms with van der Waals surface area (Å²) in [5.41, 5.74) is 1.43. The van der Waals surface area contributed by atoms with Gasteiger partial charge in [0, 0.05) is 25.2 Å². The van der Waals surface area contributed by atoms with E-state index in [0.29, 0.717) is 6.04 Å². The molecule has 1 aliphatic rings. The van der Waals surface area contributed by atoms with Gasteiger partial charge >= 0.3 is 0 Å². The van der Waals surface area contributed by atoms with Crippen molar-refractivity contribution in [1.29, 1.82) is 0 Å². The monoisotopic (exact) mass is 288 g/mol. The molecule has 118 valence electrons. The molecule has 1 N–H and O–H groups in total. The summed E-state index contributed by atoms with van der Waals surface area (Å²) in [5.74, 6) is 0.810. The van der Waals surface area contributed by atoms with Crippen LogP contribution in [0.2, 0.25) is 0 Å². The Labute approximate surface area is 130 Å². The van der Waals surface area contributed by atoms with E-state index in [2.05, 4.69) is 61.3 Å². The van der Waals surface area contributed by atoms with Crippen molar-refractivity contribution in [1.82, 2.24) is 10.2 Å². The number of hydrogen-bond donors (Lipinski definition) is 1. The fraction of sp³-hybridized carbons (Fsp3) is 0.684. The largest absolute Gasteiger partial charge is 0.314 e. The van der Waals surface area contributed by atoms with Gasteiger partial charge in [-0.1, -0.05) is 50.1 Å². The molecule has 0 radical (unpaired) electrons. The van der Waals surface area contributed by atoms with Gasteiger partial charge in [0.25, 0.3) is 0 Å². The first-order valence-corrected chi connectivity index (χ1v) is 8.72. The zero-order valence-corrected chi connectivity index (χ0v) is 14.0. The van der Waals surface area contributed by atoms with Gasteiger partial charge < -0.3 is 5.32 Å². The van der Waals surface area contributed by atoms with E-state index in [4.69, 9.17) is 0 Å². The third kappa shape index (κ3) is 5.12. The number of rotatable bonds is 7. The summed E-state index contributed by atoms with van der Waals surface area (Å²) >= 11 is 0. The Morgan fingerprint density at radius 2 is 1.86 bits per heavy atom. The topological polar surface area (TPSA) is 15.3 Å². The molecule has 2 unspecified atom stereocenters. The molecule has 1 saturated carbocycles. The fourth-order valence-corrected chi connectivity index (χ4v) is 3.53. The molecule has 2 atom stereocenters. The van der Waals surface area contributed by atoms with Crippen LogP contribution >= 0.6 is 0 Å². The molecular weight excluding hydrogens is 256 g/mol. The van der Waals surface area contributed by atoms with E-state index < -0.39 is 0 Å². The molecule has 1 fully saturated rings. The van der Waals surface area contributed by atoms with Crippen molar-refractivity contribution in [2.24, 2.45) is 5.92 Å². The standard InChI is InChI=1S/C19H32N2/c1-4-20-19-13-9-8-12-18(19)15-21(16(2)3)14-17-10-6-5-7-11-17/h5-7,10-11,16,18-20H,4,8-9,12-15H2,1-3H3. The molecular formula is C19H32N2. The van der Waals surface area contributed by atoms with Crippen LogP contribution in [0.5, 0.6) is 0 Å². The van der Waals surface area contributed by atoms with Gasteiger partial charge in [-0.3, -0.25) is 4.90 Å². The minimum absolute atomic E-state index is 0.606. The fourth-order valence-electron chi connectivity index (χ4n) is 3.53. The normalized spacial score (nSPS) is 22.9. The summed E-state index contributed by atoms with van der Waals surface area (Å²) in [5, 5.41) is 3.72. The van der Waals surface area contributed by atoms with Crippen LogP contribution in [0, 0.1) is 5.92 Å². The Hall–Kier alpha value is -0.860. The quantitative estimate of drug-likeness (QED) is 0.814. The molecule has 1 aromatic carbocycles. The lowest BCUT2D eigenvalue weighted by atomic mass is 9.83. The Morgan fingerprint density at radius 3 is 2.52 bits per heavy atom. The Morgan fingerprint density at radius 1 is 1.14 bits per heavy atom. The summed E-state index contributed by atoms with van der Waals surface area (Å²) in [4.78, 5) is 2.65. The van der Waals surface area contributed by atoms with Crippen molar-refractivity contribution in [3.05, 3.63) is 35.9 Å². The van der Waals surface area contributed by atoms with Gasteiger partial charge in [0.1, 0.15) is 0 Å². The lowest BCUT2D eigenvalue weighted by Crippen LogP contribution is -2.45. The molecule has 0 amide bonds. The maximum absolute atomic E-state index is 3.72. The highest BCUT2D eigenvalue weighted by atomic mass is 15.2. The second kappa shape index (κ2) is 8.55. The number of benzene rings is 1. The molecule has 21 heavy (non-hydrogen) atoms. The van der Waals surface area contributed by atoms with Crippen molar-refractivity contribution < 1.29 is 0 Å². The van der Waals surface area contributed by atoms with Gasteiger partial charge in [0.05, 0.1) is 0 Å². The van der Waals surface area contributed by atoms with Crippen molar-refractivity contribution in [2.75, 3.05) is 13.1 Å². The predicted molar refractivity (Wildman–Crippen MR) is 91.4 cm³/mol. The van der Waals surface area contributed by atoms with E-state index in [0.717, 1.165) is 25.0 Å². The van der Waals surface area contributed by atoms with Crippen molar-refractivity contribution >= 4 is 0 Å². The number of nitrogens with one attached hydrogen (secondary N) is 1. The zero-order chi connectivity index (χ0) is 15.1. The first kappa shape index (κ1) is 16.5. The molecule has 1 aromatic rings. The Bertz CT molecular complexity index is 386. The first-order chi connectivity index (χ1) is 10.2. The smallest absolute Gasteiger partial charge is 0.0236 e. The summed E-state index contributed by atoms with van der Waals surface area (Å²) in [6, 6.07) is 12.2. The van der Waals surface area contributed by atoms with Crippen LogP contribution in [0.25, 0.3) is 0 Å². The predicted octanol–water partition coefficient (Wildman–Crippen LogP) is 4.07. The summed E-state index contributed by atoms with van der Waals surface area (Å²) in [6.07, 6.45) is 5.55. The highest BCUT2D eigenvalue weighted by Gasteiger charge is 2.26. The molecule has 1 aliphatic carbocycles. The van der Waals surface area contributed by atoms with Gasteiger partial charge in [0.15, 0.2) is 0 Å².